The van der Waals surface area contributed by atoms with Crippen molar-refractivity contribution in [2.24, 2.45) is 5.73 Å². The van der Waals surface area contributed by atoms with Crippen LogP contribution < -0.4 is 5.73 Å². The molecule has 0 unspecified atom stereocenters. The summed E-state index contributed by atoms with van der Waals surface area (Å²) in [5.74, 6) is 0. The monoisotopic (exact) mass is 306 g/mol. The summed E-state index contributed by atoms with van der Waals surface area (Å²) in [6, 6.07) is 8.92. The number of rotatable bonds is 2. The lowest BCUT2D eigenvalue weighted by molar-refractivity contribution is -0.304. The zero-order valence-electron chi connectivity index (χ0n) is 12.1. The van der Waals surface area contributed by atoms with Gasteiger partial charge in [0.05, 0.1) is 12.6 Å². The molecule has 0 aliphatic carbocycles. The van der Waals surface area contributed by atoms with Crippen LogP contribution in [-0.2, 0) is 18.9 Å². The molecule has 3 saturated heterocycles. The molecule has 6 atom stereocenters. The number of amides is 2. The van der Waals surface area contributed by atoms with E-state index in [4.69, 9.17) is 24.7 Å². The number of carbonyl (C=O) groups is 1. The van der Waals surface area contributed by atoms with Gasteiger partial charge in [0.15, 0.2) is 12.6 Å². The SMILES string of the molecule is CO[C@H]1O[C@H]2CO[C@H](c3ccccc3)O[C@@H]2[C@H]2[C@@H]1N2C(N)=O. The molecule has 3 fully saturated rings. The lowest BCUT2D eigenvalue weighted by atomic mass is 10.0. The molecule has 0 aromatic heterocycles. The van der Waals surface area contributed by atoms with E-state index in [1.54, 1.807) is 12.0 Å². The van der Waals surface area contributed by atoms with Gasteiger partial charge in [0.1, 0.15) is 18.2 Å². The van der Waals surface area contributed by atoms with Crippen molar-refractivity contribution >= 4 is 6.03 Å². The molecule has 118 valence electrons. The van der Waals surface area contributed by atoms with Gasteiger partial charge < -0.3 is 29.6 Å². The Labute approximate surface area is 127 Å². The Bertz CT molecular complexity index is 568. The summed E-state index contributed by atoms with van der Waals surface area (Å²) in [7, 11) is 1.55. The number of fused-ring (bicyclic) bond motifs is 3. The predicted octanol–water partition coefficient (Wildman–Crippen LogP) is 0.603. The standard InChI is InChI=1S/C15H18N2O5/c1-19-14-11-10(17(11)15(16)18)12-9(21-14)7-20-13(22-12)8-5-3-2-4-6-8/h2-6,9-14H,7H2,1H3,(H2,16,18)/t9-,10+,11-,12-,13-,14-,17?/m0/s1. The van der Waals surface area contributed by atoms with Gasteiger partial charge in [-0.15, -0.1) is 0 Å². The lowest BCUT2D eigenvalue weighted by Gasteiger charge is -2.39. The van der Waals surface area contributed by atoms with Gasteiger partial charge in [0, 0.05) is 12.7 Å². The van der Waals surface area contributed by atoms with Crippen molar-refractivity contribution in [3.05, 3.63) is 35.9 Å². The van der Waals surface area contributed by atoms with Crippen molar-refractivity contribution in [2.75, 3.05) is 13.7 Å². The molecule has 2 N–H and O–H groups in total. The number of primary amides is 1. The summed E-state index contributed by atoms with van der Waals surface area (Å²) >= 11 is 0. The Morgan fingerprint density at radius 1 is 1.27 bits per heavy atom. The molecular formula is C15H18N2O5. The minimum Gasteiger partial charge on any atom is -0.354 e. The number of carbonyl (C=O) groups excluding carboxylic acids is 1. The average molecular weight is 306 g/mol. The quantitative estimate of drug-likeness (QED) is 0.809. The van der Waals surface area contributed by atoms with Gasteiger partial charge in [-0.25, -0.2) is 4.79 Å². The van der Waals surface area contributed by atoms with Gasteiger partial charge in [0.2, 0.25) is 0 Å². The maximum Gasteiger partial charge on any atom is 0.315 e. The summed E-state index contributed by atoms with van der Waals surface area (Å²) in [5.41, 5.74) is 6.37. The third-order valence-electron chi connectivity index (χ3n) is 4.44. The Balaban J connectivity index is 1.55. The van der Waals surface area contributed by atoms with Crippen LogP contribution in [0.4, 0.5) is 4.79 Å². The highest BCUT2D eigenvalue weighted by Gasteiger charge is 2.66. The van der Waals surface area contributed by atoms with Crippen LogP contribution >= 0.6 is 0 Å². The Hall–Kier alpha value is -1.67. The average Bonchev–Trinajstić information content (AvgIpc) is 3.30. The molecule has 3 heterocycles. The first-order valence-electron chi connectivity index (χ1n) is 7.28. The number of urea groups is 1. The van der Waals surface area contributed by atoms with Gasteiger partial charge in [-0.05, 0) is 0 Å². The summed E-state index contributed by atoms with van der Waals surface area (Å²) < 4.78 is 22.9. The summed E-state index contributed by atoms with van der Waals surface area (Å²) in [4.78, 5) is 13.1. The topological polar surface area (TPSA) is 83.0 Å². The number of nitrogens with zero attached hydrogens (tertiary/aromatic N) is 1. The van der Waals surface area contributed by atoms with E-state index in [1.165, 1.54) is 0 Å². The molecule has 22 heavy (non-hydrogen) atoms. The van der Waals surface area contributed by atoms with Crippen LogP contribution in [-0.4, -0.2) is 55.2 Å². The molecule has 0 bridgehead atoms. The maximum absolute atomic E-state index is 11.6. The molecule has 0 radical (unpaired) electrons. The van der Waals surface area contributed by atoms with E-state index >= 15 is 0 Å². The normalized spacial score (nSPS) is 39.8. The fraction of sp³-hybridized carbons (Fsp3) is 0.533. The molecule has 7 nitrogen and oxygen atoms in total. The number of hydrogen-bond acceptors (Lipinski definition) is 5. The fourth-order valence-electron chi connectivity index (χ4n) is 3.40. The van der Waals surface area contributed by atoms with E-state index in [9.17, 15) is 4.79 Å². The highest BCUT2D eigenvalue weighted by molar-refractivity contribution is 5.76. The highest BCUT2D eigenvalue weighted by atomic mass is 16.7. The van der Waals surface area contributed by atoms with Crippen LogP contribution in [0.3, 0.4) is 0 Å². The summed E-state index contributed by atoms with van der Waals surface area (Å²) in [6.07, 6.45) is -1.47. The van der Waals surface area contributed by atoms with Crippen LogP contribution in [0, 0.1) is 0 Å². The van der Waals surface area contributed by atoms with Crippen molar-refractivity contribution in [1.29, 1.82) is 0 Å². The van der Waals surface area contributed by atoms with Crippen molar-refractivity contribution in [1.82, 2.24) is 4.90 Å². The number of nitrogens with two attached hydrogens (primary N) is 1. The molecule has 4 rings (SSSR count). The number of benzene rings is 1. The predicted molar refractivity (Wildman–Crippen MR) is 74.7 cm³/mol. The molecule has 1 aromatic rings. The van der Waals surface area contributed by atoms with Crippen molar-refractivity contribution in [3.8, 4) is 0 Å². The Morgan fingerprint density at radius 2 is 2.05 bits per heavy atom. The minimum absolute atomic E-state index is 0.115. The van der Waals surface area contributed by atoms with Crippen molar-refractivity contribution in [3.63, 3.8) is 0 Å². The van der Waals surface area contributed by atoms with Gasteiger partial charge >= 0.3 is 6.03 Å². The lowest BCUT2D eigenvalue weighted by Crippen LogP contribution is -2.52. The van der Waals surface area contributed by atoms with Gasteiger partial charge in [0.25, 0.3) is 0 Å². The van der Waals surface area contributed by atoms with Gasteiger partial charge in [-0.1, -0.05) is 30.3 Å². The second kappa shape index (κ2) is 5.20. The number of methoxy groups -OCH3 is 1. The van der Waals surface area contributed by atoms with E-state index in [0.29, 0.717) is 6.61 Å². The van der Waals surface area contributed by atoms with E-state index in [0.717, 1.165) is 5.56 Å². The zero-order chi connectivity index (χ0) is 15.3. The summed E-state index contributed by atoms with van der Waals surface area (Å²) in [6.45, 7) is 0.389. The second-order valence-electron chi connectivity index (χ2n) is 5.68. The van der Waals surface area contributed by atoms with Crippen LogP contribution in [0.25, 0.3) is 0 Å². The van der Waals surface area contributed by atoms with Crippen LogP contribution in [0.2, 0.25) is 0 Å². The molecule has 3 aliphatic heterocycles. The maximum atomic E-state index is 11.6. The summed E-state index contributed by atoms with van der Waals surface area (Å²) in [5, 5.41) is 0. The molecule has 0 saturated carbocycles. The molecular weight excluding hydrogens is 288 g/mol. The largest absolute Gasteiger partial charge is 0.354 e. The highest BCUT2D eigenvalue weighted by Crippen LogP contribution is 2.45. The second-order valence-corrected chi connectivity index (χ2v) is 5.68. The van der Waals surface area contributed by atoms with Crippen LogP contribution in [0.1, 0.15) is 11.9 Å². The Morgan fingerprint density at radius 3 is 2.73 bits per heavy atom. The number of ether oxygens (including phenoxy) is 4. The van der Waals surface area contributed by atoms with Crippen molar-refractivity contribution < 1.29 is 23.7 Å². The van der Waals surface area contributed by atoms with E-state index in [2.05, 4.69) is 0 Å². The smallest absolute Gasteiger partial charge is 0.315 e. The Kier molecular flexibility index (Phi) is 3.30. The van der Waals surface area contributed by atoms with Gasteiger partial charge in [-0.2, -0.15) is 0 Å². The van der Waals surface area contributed by atoms with Gasteiger partial charge in [-0.3, -0.25) is 0 Å². The van der Waals surface area contributed by atoms with E-state index in [1.807, 2.05) is 30.3 Å². The van der Waals surface area contributed by atoms with Crippen molar-refractivity contribution in [2.45, 2.75) is 36.9 Å². The van der Waals surface area contributed by atoms with E-state index in [-0.39, 0.29) is 24.3 Å². The van der Waals surface area contributed by atoms with Crippen LogP contribution in [0.5, 0.6) is 0 Å². The fourth-order valence-corrected chi connectivity index (χ4v) is 3.40. The van der Waals surface area contributed by atoms with E-state index < -0.39 is 18.6 Å². The molecule has 3 aliphatic rings. The van der Waals surface area contributed by atoms with Crippen LogP contribution in [0.15, 0.2) is 30.3 Å². The third-order valence-corrected chi connectivity index (χ3v) is 4.44. The molecule has 2 amide bonds. The number of hydrogen-bond donors (Lipinski definition) is 1. The first-order valence-corrected chi connectivity index (χ1v) is 7.28. The molecule has 1 aromatic carbocycles. The molecule has 0 spiro atoms. The zero-order valence-corrected chi connectivity index (χ0v) is 12.1. The third kappa shape index (κ3) is 2.09. The first-order chi connectivity index (χ1) is 10.7. The molecule has 7 heteroatoms. The minimum atomic E-state index is -0.487. The first kappa shape index (κ1) is 14.0.